The number of nitrogens with one attached hydrogen (secondary N) is 1. The van der Waals surface area contributed by atoms with Gasteiger partial charge in [0.05, 0.1) is 10.9 Å². The van der Waals surface area contributed by atoms with Crippen LogP contribution in [0.4, 0.5) is 5.82 Å². The van der Waals surface area contributed by atoms with E-state index in [1.165, 1.54) is 32.8 Å². The number of aromatic nitrogens is 3. The molecule has 11 heteroatoms. The standard InChI is InChI=1S/C25H30ClN5O4S/c1-25(2,3)24(35)31-20(27-14-16-7-8-19(26)36-16)13-17(28-31)22-18(32)9-12-30(23(22)34)15-21(33)29-10-5-4-6-11-29/h7-9,12-13,27,32H,4-6,10-11,14-15H2,1-3H3. The summed E-state index contributed by atoms with van der Waals surface area (Å²) in [5.41, 5.74) is -1.22. The second kappa shape index (κ2) is 10.5. The normalized spacial score (nSPS) is 14.2. The molecule has 3 aromatic heterocycles. The number of hydrogen-bond donors (Lipinski definition) is 2. The summed E-state index contributed by atoms with van der Waals surface area (Å²) in [5.74, 6) is -0.311. The van der Waals surface area contributed by atoms with Crippen molar-refractivity contribution in [2.24, 2.45) is 5.41 Å². The first kappa shape index (κ1) is 26.0. The van der Waals surface area contributed by atoms with Crippen LogP contribution in [0, 0.1) is 5.41 Å². The van der Waals surface area contributed by atoms with Gasteiger partial charge < -0.3 is 19.9 Å². The number of piperidine rings is 1. The number of thiophene rings is 1. The van der Waals surface area contributed by atoms with E-state index in [-0.39, 0.29) is 35.4 Å². The van der Waals surface area contributed by atoms with Gasteiger partial charge in [-0.2, -0.15) is 9.78 Å². The van der Waals surface area contributed by atoms with Gasteiger partial charge in [-0.25, -0.2) is 0 Å². The molecule has 36 heavy (non-hydrogen) atoms. The molecule has 1 saturated heterocycles. The van der Waals surface area contributed by atoms with Gasteiger partial charge in [0.25, 0.3) is 11.5 Å². The second-order valence-electron chi connectivity index (χ2n) is 9.89. The lowest BCUT2D eigenvalue weighted by Gasteiger charge is -2.27. The fourth-order valence-electron chi connectivity index (χ4n) is 4.05. The van der Waals surface area contributed by atoms with E-state index in [0.29, 0.717) is 29.8 Å². The van der Waals surface area contributed by atoms with Crippen molar-refractivity contribution in [1.82, 2.24) is 19.2 Å². The van der Waals surface area contributed by atoms with Crippen LogP contribution >= 0.6 is 22.9 Å². The Morgan fingerprint density at radius 2 is 1.89 bits per heavy atom. The molecule has 2 N–H and O–H groups in total. The minimum atomic E-state index is -0.744. The van der Waals surface area contributed by atoms with Crippen LogP contribution in [-0.4, -0.2) is 49.3 Å². The van der Waals surface area contributed by atoms with Crippen LogP contribution in [0.2, 0.25) is 4.34 Å². The molecule has 4 rings (SSSR count). The summed E-state index contributed by atoms with van der Waals surface area (Å²) in [6.07, 6.45) is 4.40. The Balaban J connectivity index is 1.68. The largest absolute Gasteiger partial charge is 0.507 e. The quantitative estimate of drug-likeness (QED) is 0.486. The second-order valence-corrected chi connectivity index (χ2v) is 11.7. The number of aromatic hydroxyl groups is 1. The molecule has 1 amide bonds. The third kappa shape index (κ3) is 5.65. The SMILES string of the molecule is CC(C)(C)C(=O)n1nc(-c2c(O)ccn(CC(=O)N3CCCCC3)c2=O)cc1NCc1ccc(Cl)s1. The third-order valence-electron chi connectivity index (χ3n) is 6.03. The van der Waals surface area contributed by atoms with Gasteiger partial charge in [0.15, 0.2) is 0 Å². The molecule has 1 aliphatic heterocycles. The minimum absolute atomic E-state index is 0.0633. The average molecular weight is 532 g/mol. The van der Waals surface area contributed by atoms with Gasteiger partial charge in [-0.1, -0.05) is 32.4 Å². The lowest BCUT2D eigenvalue weighted by Crippen LogP contribution is -2.39. The van der Waals surface area contributed by atoms with Crippen molar-refractivity contribution >= 4 is 40.6 Å². The van der Waals surface area contributed by atoms with Crippen LogP contribution < -0.4 is 10.9 Å². The van der Waals surface area contributed by atoms with Gasteiger partial charge in [-0.05, 0) is 37.5 Å². The van der Waals surface area contributed by atoms with Crippen LogP contribution in [0.5, 0.6) is 5.75 Å². The molecule has 0 spiro atoms. The number of hydrogen-bond acceptors (Lipinski definition) is 7. The highest BCUT2D eigenvalue weighted by molar-refractivity contribution is 7.16. The summed E-state index contributed by atoms with van der Waals surface area (Å²) >= 11 is 7.44. The summed E-state index contributed by atoms with van der Waals surface area (Å²) in [4.78, 5) is 42.0. The number of likely N-dealkylation sites (tertiary alicyclic amines) is 1. The Labute approximate surface area is 218 Å². The topological polar surface area (TPSA) is 109 Å². The number of carbonyl (C=O) groups excluding carboxylic acids is 2. The monoisotopic (exact) mass is 531 g/mol. The highest BCUT2D eigenvalue weighted by atomic mass is 35.5. The number of pyridine rings is 1. The van der Waals surface area contributed by atoms with E-state index in [1.807, 2.05) is 6.07 Å². The lowest BCUT2D eigenvalue weighted by atomic mass is 9.96. The Morgan fingerprint density at radius 1 is 1.17 bits per heavy atom. The van der Waals surface area contributed by atoms with Crippen LogP contribution in [0.25, 0.3) is 11.3 Å². The first-order valence-electron chi connectivity index (χ1n) is 11.9. The van der Waals surface area contributed by atoms with Gasteiger partial charge in [0.2, 0.25) is 5.91 Å². The molecule has 192 valence electrons. The maximum atomic E-state index is 13.3. The maximum Gasteiger partial charge on any atom is 0.264 e. The molecular weight excluding hydrogens is 502 g/mol. The van der Waals surface area contributed by atoms with E-state index < -0.39 is 11.0 Å². The first-order valence-corrected chi connectivity index (χ1v) is 13.1. The van der Waals surface area contributed by atoms with Crippen LogP contribution in [0.15, 0.2) is 35.3 Å². The zero-order valence-electron chi connectivity index (χ0n) is 20.6. The lowest BCUT2D eigenvalue weighted by molar-refractivity contribution is -0.132. The van der Waals surface area contributed by atoms with E-state index in [9.17, 15) is 19.5 Å². The summed E-state index contributed by atoms with van der Waals surface area (Å²) in [5, 5.41) is 18.2. The number of nitrogens with zero attached hydrogens (tertiary/aromatic N) is 4. The van der Waals surface area contributed by atoms with E-state index in [0.717, 1.165) is 24.1 Å². The Morgan fingerprint density at radius 3 is 2.53 bits per heavy atom. The molecular formula is C25H30ClN5O4S. The first-order chi connectivity index (χ1) is 17.0. The van der Waals surface area contributed by atoms with E-state index in [1.54, 1.807) is 37.8 Å². The molecule has 0 aliphatic carbocycles. The summed E-state index contributed by atoms with van der Waals surface area (Å²) in [7, 11) is 0. The van der Waals surface area contributed by atoms with Crippen molar-refractivity contribution in [3.8, 4) is 17.0 Å². The minimum Gasteiger partial charge on any atom is -0.507 e. The van der Waals surface area contributed by atoms with Gasteiger partial charge in [-0.15, -0.1) is 11.3 Å². The number of amides is 1. The van der Waals surface area contributed by atoms with Crippen molar-refractivity contribution in [1.29, 1.82) is 0 Å². The summed E-state index contributed by atoms with van der Waals surface area (Å²) in [6.45, 7) is 6.97. The predicted octanol–water partition coefficient (Wildman–Crippen LogP) is 4.44. The number of anilines is 1. The van der Waals surface area contributed by atoms with E-state index in [2.05, 4.69) is 10.4 Å². The van der Waals surface area contributed by atoms with Crippen molar-refractivity contribution in [2.45, 2.75) is 53.1 Å². The molecule has 0 aromatic carbocycles. The molecule has 0 atom stereocenters. The Kier molecular flexibility index (Phi) is 7.56. The van der Waals surface area contributed by atoms with Gasteiger partial charge >= 0.3 is 0 Å². The molecule has 0 radical (unpaired) electrons. The average Bonchev–Trinajstić information content (AvgIpc) is 3.45. The van der Waals surface area contributed by atoms with Crippen molar-refractivity contribution in [2.75, 3.05) is 18.4 Å². The Bertz CT molecular complexity index is 1330. The van der Waals surface area contributed by atoms with Crippen LogP contribution in [-0.2, 0) is 17.9 Å². The van der Waals surface area contributed by atoms with Crippen molar-refractivity contribution in [3.05, 3.63) is 50.0 Å². The fourth-order valence-corrected chi connectivity index (χ4v) is 5.07. The predicted molar refractivity (Wildman–Crippen MR) is 141 cm³/mol. The van der Waals surface area contributed by atoms with E-state index >= 15 is 0 Å². The molecule has 0 saturated carbocycles. The molecule has 1 fully saturated rings. The van der Waals surface area contributed by atoms with Crippen molar-refractivity contribution < 1.29 is 14.7 Å². The van der Waals surface area contributed by atoms with Crippen LogP contribution in [0.3, 0.4) is 0 Å². The van der Waals surface area contributed by atoms with Gasteiger partial charge in [-0.3, -0.25) is 14.4 Å². The Hall–Kier alpha value is -3.11. The molecule has 9 nitrogen and oxygen atoms in total. The number of carbonyl (C=O) groups is 2. The van der Waals surface area contributed by atoms with Crippen molar-refractivity contribution in [3.63, 3.8) is 0 Å². The van der Waals surface area contributed by atoms with Gasteiger partial charge in [0.1, 0.15) is 29.4 Å². The highest BCUT2D eigenvalue weighted by Crippen LogP contribution is 2.30. The molecule has 0 bridgehead atoms. The number of rotatable bonds is 6. The zero-order valence-corrected chi connectivity index (χ0v) is 22.2. The molecule has 3 aromatic rings. The molecule has 4 heterocycles. The van der Waals surface area contributed by atoms with E-state index in [4.69, 9.17) is 11.6 Å². The smallest absolute Gasteiger partial charge is 0.264 e. The summed E-state index contributed by atoms with van der Waals surface area (Å²) in [6, 6.07) is 6.60. The molecule has 0 unspecified atom stereocenters. The van der Waals surface area contributed by atoms with Crippen LogP contribution in [0.1, 0.15) is 49.7 Å². The number of halogens is 1. The zero-order chi connectivity index (χ0) is 26.0. The molecule has 1 aliphatic rings. The summed E-state index contributed by atoms with van der Waals surface area (Å²) < 4.78 is 3.15. The third-order valence-corrected chi connectivity index (χ3v) is 7.26. The highest BCUT2D eigenvalue weighted by Gasteiger charge is 2.28. The van der Waals surface area contributed by atoms with Gasteiger partial charge in [0, 0.05) is 35.6 Å². The maximum absolute atomic E-state index is 13.3. The fraction of sp³-hybridized carbons (Fsp3) is 0.440.